The molecule has 0 spiro atoms. The lowest BCUT2D eigenvalue weighted by atomic mass is 10.3. The first kappa shape index (κ1) is 10.8. The second-order valence-electron chi connectivity index (χ2n) is 2.47. The Balaban J connectivity index is 2.63. The van der Waals surface area contributed by atoms with Gasteiger partial charge >= 0.3 is 5.00 Å². The summed E-state index contributed by atoms with van der Waals surface area (Å²) >= 11 is 0.857. The molecule has 0 saturated heterocycles. The van der Waals surface area contributed by atoms with Crippen molar-refractivity contribution in [1.82, 2.24) is 4.98 Å². The fourth-order valence-electron chi connectivity index (χ4n) is 0.740. The van der Waals surface area contributed by atoms with Crippen LogP contribution >= 0.6 is 11.3 Å². The number of hydrogen-bond acceptors (Lipinski definition) is 7. The van der Waals surface area contributed by atoms with Gasteiger partial charge in [-0.2, -0.15) is 0 Å². The number of nitrogens with one attached hydrogen (secondary N) is 1. The van der Waals surface area contributed by atoms with Crippen LogP contribution < -0.4 is 5.32 Å². The smallest absolute Gasteiger partial charge is 0.345 e. The van der Waals surface area contributed by atoms with Crippen LogP contribution in [-0.4, -0.2) is 39.4 Å². The highest BCUT2D eigenvalue weighted by atomic mass is 32.1. The summed E-state index contributed by atoms with van der Waals surface area (Å²) in [7, 11) is 0. The molecule has 0 amide bonds. The van der Waals surface area contributed by atoms with Crippen molar-refractivity contribution in [2.45, 2.75) is 6.04 Å². The maximum absolute atomic E-state index is 10.3. The summed E-state index contributed by atoms with van der Waals surface area (Å²) < 4.78 is 0. The highest BCUT2D eigenvalue weighted by Crippen LogP contribution is 2.25. The summed E-state index contributed by atoms with van der Waals surface area (Å²) in [5.74, 6) is 0. The van der Waals surface area contributed by atoms with E-state index < -0.39 is 11.0 Å². The highest BCUT2D eigenvalue weighted by molar-refractivity contribution is 7.18. The Morgan fingerprint density at radius 3 is 2.71 bits per heavy atom. The molecule has 0 atom stereocenters. The zero-order chi connectivity index (χ0) is 10.6. The highest BCUT2D eigenvalue weighted by Gasteiger charge is 2.13. The minimum Gasteiger partial charge on any atom is -0.394 e. The van der Waals surface area contributed by atoms with Crippen LogP contribution in [0.3, 0.4) is 0 Å². The topological polar surface area (TPSA) is 109 Å². The van der Waals surface area contributed by atoms with Crippen molar-refractivity contribution in [2.24, 2.45) is 0 Å². The molecule has 0 fully saturated rings. The quantitative estimate of drug-likeness (QED) is 0.468. The van der Waals surface area contributed by atoms with Crippen LogP contribution in [0.4, 0.5) is 10.1 Å². The van der Waals surface area contributed by atoms with E-state index in [1.807, 2.05) is 0 Å². The molecule has 0 aromatic carbocycles. The van der Waals surface area contributed by atoms with E-state index in [0.717, 1.165) is 17.5 Å². The maximum Gasteiger partial charge on any atom is 0.345 e. The van der Waals surface area contributed by atoms with Crippen molar-refractivity contribution < 1.29 is 15.1 Å². The summed E-state index contributed by atoms with van der Waals surface area (Å²) in [6.45, 7) is -0.520. The number of thiazole rings is 1. The fourth-order valence-corrected chi connectivity index (χ4v) is 1.45. The third-order valence-corrected chi connectivity index (χ3v) is 2.32. The number of aliphatic hydroxyl groups is 2. The van der Waals surface area contributed by atoms with E-state index in [-0.39, 0.29) is 18.2 Å². The molecule has 0 bridgehead atoms. The van der Waals surface area contributed by atoms with Crippen molar-refractivity contribution in [2.75, 3.05) is 18.5 Å². The molecule has 0 aliphatic rings. The standard InChI is InChI=1S/C6H9N3O4S/c10-2-4(3-11)8-6-7-1-5(14-6)9(12)13/h1,4,10-11H,2-3H2,(H,7,8). The van der Waals surface area contributed by atoms with Gasteiger partial charge in [-0.15, -0.1) is 0 Å². The molecular formula is C6H9N3O4S. The SMILES string of the molecule is O=[N+]([O-])c1cnc(NC(CO)CO)s1. The first-order valence-corrected chi connectivity index (χ1v) is 4.57. The molecule has 1 aromatic rings. The average Bonchev–Trinajstić information content (AvgIpc) is 2.62. The Hall–Kier alpha value is -1.25. The minimum atomic E-state index is -0.546. The lowest BCUT2D eigenvalue weighted by Gasteiger charge is -2.10. The number of hydrogen-bond donors (Lipinski definition) is 3. The van der Waals surface area contributed by atoms with Crippen LogP contribution in [0.1, 0.15) is 0 Å². The molecular weight excluding hydrogens is 210 g/mol. The van der Waals surface area contributed by atoms with E-state index in [0.29, 0.717) is 5.13 Å². The molecule has 7 nitrogen and oxygen atoms in total. The van der Waals surface area contributed by atoms with Gasteiger partial charge in [0.1, 0.15) is 6.20 Å². The Bertz CT molecular complexity index is 312. The zero-order valence-electron chi connectivity index (χ0n) is 7.08. The van der Waals surface area contributed by atoms with Gasteiger partial charge in [0.05, 0.1) is 24.2 Å². The normalized spacial score (nSPS) is 10.5. The maximum atomic E-state index is 10.3. The van der Waals surface area contributed by atoms with E-state index in [2.05, 4.69) is 10.3 Å². The number of aromatic nitrogens is 1. The van der Waals surface area contributed by atoms with E-state index >= 15 is 0 Å². The van der Waals surface area contributed by atoms with Crippen molar-refractivity contribution in [3.8, 4) is 0 Å². The molecule has 8 heteroatoms. The minimum absolute atomic E-state index is 0.0814. The van der Waals surface area contributed by atoms with E-state index in [4.69, 9.17) is 10.2 Å². The predicted molar refractivity (Wildman–Crippen MR) is 50.4 cm³/mol. The van der Waals surface area contributed by atoms with Crippen LogP contribution in [-0.2, 0) is 0 Å². The van der Waals surface area contributed by atoms with E-state index in [1.165, 1.54) is 0 Å². The van der Waals surface area contributed by atoms with Gasteiger partial charge in [0, 0.05) is 0 Å². The monoisotopic (exact) mass is 219 g/mol. The van der Waals surface area contributed by atoms with Crippen LogP contribution in [0.15, 0.2) is 6.20 Å². The molecule has 0 radical (unpaired) electrons. The molecule has 1 rings (SSSR count). The Kier molecular flexibility index (Phi) is 3.74. The van der Waals surface area contributed by atoms with E-state index in [1.54, 1.807) is 0 Å². The number of nitrogens with zero attached hydrogens (tertiary/aromatic N) is 2. The summed E-state index contributed by atoms with van der Waals surface area (Å²) in [5.41, 5.74) is 0. The second-order valence-corrected chi connectivity index (χ2v) is 3.48. The summed E-state index contributed by atoms with van der Waals surface area (Å²) in [5, 5.41) is 30.6. The van der Waals surface area contributed by atoms with Crippen LogP contribution in [0.5, 0.6) is 0 Å². The van der Waals surface area contributed by atoms with Gasteiger partial charge in [-0.1, -0.05) is 0 Å². The molecule has 0 unspecified atom stereocenters. The molecule has 0 aliphatic carbocycles. The number of aliphatic hydroxyl groups excluding tert-OH is 2. The van der Waals surface area contributed by atoms with Crippen LogP contribution in [0.2, 0.25) is 0 Å². The van der Waals surface area contributed by atoms with Crippen LogP contribution in [0.25, 0.3) is 0 Å². The van der Waals surface area contributed by atoms with Crippen molar-refractivity contribution in [3.05, 3.63) is 16.3 Å². The van der Waals surface area contributed by atoms with Crippen LogP contribution in [0, 0.1) is 10.1 Å². The number of anilines is 1. The Labute approximate surface area is 83.2 Å². The molecule has 1 aromatic heterocycles. The molecule has 3 N–H and O–H groups in total. The van der Waals surface area contributed by atoms with Crippen molar-refractivity contribution >= 4 is 21.5 Å². The van der Waals surface area contributed by atoms with Gasteiger partial charge in [0.15, 0.2) is 5.13 Å². The van der Waals surface area contributed by atoms with E-state index in [9.17, 15) is 10.1 Å². The van der Waals surface area contributed by atoms with Gasteiger partial charge in [-0.25, -0.2) is 4.98 Å². The number of rotatable bonds is 5. The summed E-state index contributed by atoms with van der Waals surface area (Å²) in [4.78, 5) is 13.5. The van der Waals surface area contributed by atoms with Gasteiger partial charge < -0.3 is 15.5 Å². The second kappa shape index (κ2) is 4.84. The van der Waals surface area contributed by atoms with Gasteiger partial charge in [-0.05, 0) is 11.3 Å². The first-order valence-electron chi connectivity index (χ1n) is 3.76. The van der Waals surface area contributed by atoms with Gasteiger partial charge in [0.2, 0.25) is 0 Å². The zero-order valence-corrected chi connectivity index (χ0v) is 7.90. The molecule has 0 aliphatic heterocycles. The predicted octanol–water partition coefficient (Wildman–Crippen LogP) is -0.184. The van der Waals surface area contributed by atoms with Crippen molar-refractivity contribution in [3.63, 3.8) is 0 Å². The first-order chi connectivity index (χ1) is 6.67. The Morgan fingerprint density at radius 2 is 2.29 bits per heavy atom. The molecule has 14 heavy (non-hydrogen) atoms. The average molecular weight is 219 g/mol. The fraction of sp³-hybridized carbons (Fsp3) is 0.500. The summed E-state index contributed by atoms with van der Waals surface area (Å²) in [6.07, 6.45) is 1.12. The lowest BCUT2D eigenvalue weighted by Crippen LogP contribution is -2.27. The number of nitro groups is 1. The molecule has 78 valence electrons. The Morgan fingerprint density at radius 1 is 1.64 bits per heavy atom. The lowest BCUT2D eigenvalue weighted by molar-refractivity contribution is -0.380. The third-order valence-electron chi connectivity index (χ3n) is 1.44. The third kappa shape index (κ3) is 2.62. The van der Waals surface area contributed by atoms with Gasteiger partial charge in [0.25, 0.3) is 0 Å². The molecule has 0 saturated carbocycles. The summed E-state index contributed by atoms with van der Waals surface area (Å²) in [6, 6.07) is -0.541. The van der Waals surface area contributed by atoms with Gasteiger partial charge in [-0.3, -0.25) is 10.1 Å². The molecule has 1 heterocycles. The van der Waals surface area contributed by atoms with Crippen molar-refractivity contribution in [1.29, 1.82) is 0 Å². The largest absolute Gasteiger partial charge is 0.394 e.